The zero-order valence-corrected chi connectivity index (χ0v) is 26.0. The van der Waals surface area contributed by atoms with E-state index in [1.807, 2.05) is 0 Å². The van der Waals surface area contributed by atoms with Crippen molar-refractivity contribution < 1.29 is 32.3 Å². The van der Waals surface area contributed by atoms with Gasteiger partial charge < -0.3 is 19.7 Å². The van der Waals surface area contributed by atoms with Gasteiger partial charge in [0, 0.05) is 71.0 Å². The molecule has 0 fully saturated rings. The number of rotatable bonds is 12. The molecule has 1 aliphatic rings. The van der Waals surface area contributed by atoms with Gasteiger partial charge >= 0.3 is 6.03 Å². The molecule has 2 aromatic rings. The summed E-state index contributed by atoms with van der Waals surface area (Å²) < 4.78 is 37.8. The minimum absolute atomic E-state index is 0.0314. The van der Waals surface area contributed by atoms with Gasteiger partial charge in [0.15, 0.2) is 0 Å². The zero-order valence-electron chi connectivity index (χ0n) is 24.4. The lowest BCUT2D eigenvalue weighted by atomic mass is 10.0. The van der Waals surface area contributed by atoms with E-state index < -0.39 is 27.9 Å². The molecule has 0 spiro atoms. The Morgan fingerprint density at radius 2 is 1.63 bits per heavy atom. The first-order valence-corrected chi connectivity index (χ1v) is 15.5. The Balaban J connectivity index is 1.87. The maximum Gasteiger partial charge on any atom is 0.323 e. The molecule has 14 heteroatoms. The Morgan fingerprint density at radius 1 is 1.02 bits per heavy atom. The lowest BCUT2D eigenvalue weighted by Crippen LogP contribution is -2.40. The summed E-state index contributed by atoms with van der Waals surface area (Å²) in [6.45, 7) is 6.33. The number of sulfonamides is 1. The number of hydrogen-bond donors (Lipinski definition) is 2. The number of thiophene rings is 1. The van der Waals surface area contributed by atoms with Crippen molar-refractivity contribution in [3.63, 3.8) is 0 Å². The number of fused-ring (bicyclic) bond motifs is 1. The van der Waals surface area contributed by atoms with Crippen LogP contribution in [0.4, 0.5) is 9.80 Å². The third kappa shape index (κ3) is 7.90. The number of amides is 4. The van der Waals surface area contributed by atoms with Crippen molar-refractivity contribution in [3.05, 3.63) is 45.8 Å². The molecule has 0 atom stereocenters. The molecule has 1 aromatic heterocycles. The summed E-state index contributed by atoms with van der Waals surface area (Å²) in [6, 6.07) is 5.35. The summed E-state index contributed by atoms with van der Waals surface area (Å²) in [7, 11) is 2.21. The maximum absolute atomic E-state index is 13.3. The van der Waals surface area contributed by atoms with E-state index in [0.717, 1.165) is 17.0 Å². The Hall–Kier alpha value is -2.88. The van der Waals surface area contributed by atoms with Gasteiger partial charge in [0.2, 0.25) is 10.0 Å². The van der Waals surface area contributed by atoms with Gasteiger partial charge in [-0.3, -0.25) is 19.8 Å². The molecule has 0 bridgehead atoms. The Kier molecular flexibility index (Phi) is 11.4. The summed E-state index contributed by atoms with van der Waals surface area (Å²) in [4.78, 5) is 43.2. The molecule has 0 saturated heterocycles. The van der Waals surface area contributed by atoms with Gasteiger partial charge in [-0.25, -0.2) is 13.2 Å². The van der Waals surface area contributed by atoms with Gasteiger partial charge in [-0.15, -0.1) is 11.3 Å². The largest absolute Gasteiger partial charge is 0.383 e. The number of hydrogen-bond acceptors (Lipinski definition) is 9. The number of urea groups is 1. The number of carbonyl (C=O) groups excluding carboxylic acids is 3. The van der Waals surface area contributed by atoms with Gasteiger partial charge in [0.1, 0.15) is 5.00 Å². The first kappa shape index (κ1) is 32.6. The number of imide groups is 1. The van der Waals surface area contributed by atoms with Crippen LogP contribution in [0.25, 0.3) is 0 Å². The predicted octanol–water partition coefficient (Wildman–Crippen LogP) is 2.46. The quantitative estimate of drug-likeness (QED) is 0.375. The molecule has 0 unspecified atom stereocenters. The minimum atomic E-state index is -3.85. The highest BCUT2D eigenvalue weighted by atomic mass is 32.2. The van der Waals surface area contributed by atoms with E-state index in [1.165, 1.54) is 73.1 Å². The average molecular weight is 610 g/mol. The second-order valence-electron chi connectivity index (χ2n) is 10.0. The van der Waals surface area contributed by atoms with E-state index in [0.29, 0.717) is 24.0 Å². The molecule has 2 N–H and O–H groups in total. The van der Waals surface area contributed by atoms with Gasteiger partial charge in [-0.05, 0) is 50.1 Å². The molecule has 12 nitrogen and oxygen atoms in total. The van der Waals surface area contributed by atoms with Crippen LogP contribution < -0.4 is 10.6 Å². The number of methoxy groups -OCH3 is 2. The van der Waals surface area contributed by atoms with E-state index in [2.05, 4.69) is 29.4 Å². The number of anilines is 1. The SMILES string of the molecule is COCCN(CCOC)S(=O)(=O)c1ccc(C(=O)Nc2sc3c(c2C(=O)NC(=O)N(C)C)CCN(C(C)C)C3)cc1. The van der Waals surface area contributed by atoms with Gasteiger partial charge in [0.05, 0.1) is 23.7 Å². The van der Waals surface area contributed by atoms with Crippen molar-refractivity contribution in [1.29, 1.82) is 0 Å². The van der Waals surface area contributed by atoms with Gasteiger partial charge in [-0.1, -0.05) is 0 Å². The normalized spacial score (nSPS) is 13.8. The fourth-order valence-electron chi connectivity index (χ4n) is 4.30. The molecule has 4 amide bonds. The Bertz CT molecular complexity index is 1330. The van der Waals surface area contributed by atoms with E-state index in [1.54, 1.807) is 0 Å². The third-order valence-corrected chi connectivity index (χ3v) is 9.79. The third-order valence-electron chi connectivity index (χ3n) is 6.74. The van der Waals surface area contributed by atoms with Crippen molar-refractivity contribution in [2.75, 3.05) is 66.5 Å². The number of benzene rings is 1. The number of carbonyl (C=O) groups is 3. The lowest BCUT2D eigenvalue weighted by molar-refractivity contribution is 0.0956. The minimum Gasteiger partial charge on any atom is -0.383 e. The van der Waals surface area contributed by atoms with Crippen LogP contribution in [0.3, 0.4) is 0 Å². The summed E-state index contributed by atoms with van der Waals surface area (Å²) in [5.74, 6) is -1.08. The van der Waals surface area contributed by atoms with Gasteiger partial charge in [-0.2, -0.15) is 4.31 Å². The monoisotopic (exact) mass is 609 g/mol. The van der Waals surface area contributed by atoms with Crippen LogP contribution in [0.1, 0.15) is 45.0 Å². The fraction of sp³-hybridized carbons (Fsp3) is 0.519. The second-order valence-corrected chi connectivity index (χ2v) is 13.1. The standard InChI is InChI=1S/C27H39N5O7S2/c1-18(2)31-12-11-21-22(17-31)40-26(23(21)25(34)29-27(35)30(3)4)28-24(33)19-7-9-20(10-8-19)41(36,37)32(13-15-38-5)14-16-39-6/h7-10,18H,11-17H2,1-6H3,(H,28,33)(H,29,34,35). The second kappa shape index (κ2) is 14.3. The summed E-state index contributed by atoms with van der Waals surface area (Å²) in [5.41, 5.74) is 1.32. The van der Waals surface area contributed by atoms with Crippen LogP contribution in [0.2, 0.25) is 0 Å². The maximum atomic E-state index is 13.3. The molecule has 3 rings (SSSR count). The van der Waals surface area contributed by atoms with E-state index in [-0.39, 0.29) is 42.3 Å². The zero-order chi connectivity index (χ0) is 30.3. The lowest BCUT2D eigenvalue weighted by Gasteiger charge is -2.30. The summed E-state index contributed by atoms with van der Waals surface area (Å²) >= 11 is 1.31. The highest BCUT2D eigenvalue weighted by Crippen LogP contribution is 2.38. The number of ether oxygens (including phenoxy) is 2. The summed E-state index contributed by atoms with van der Waals surface area (Å²) in [6.07, 6.45) is 0.605. The van der Waals surface area contributed by atoms with Crippen LogP contribution in [0.5, 0.6) is 0 Å². The highest BCUT2D eigenvalue weighted by molar-refractivity contribution is 7.89. The predicted molar refractivity (Wildman–Crippen MR) is 157 cm³/mol. The number of nitrogens with zero attached hydrogens (tertiary/aromatic N) is 3. The highest BCUT2D eigenvalue weighted by Gasteiger charge is 2.31. The first-order valence-electron chi connectivity index (χ1n) is 13.2. The van der Waals surface area contributed by atoms with E-state index in [4.69, 9.17) is 9.47 Å². The number of nitrogens with one attached hydrogen (secondary N) is 2. The molecule has 1 aliphatic heterocycles. The Morgan fingerprint density at radius 3 is 2.17 bits per heavy atom. The van der Waals surface area contributed by atoms with E-state index in [9.17, 15) is 22.8 Å². The van der Waals surface area contributed by atoms with Crippen molar-refractivity contribution >= 4 is 44.2 Å². The molecule has 2 heterocycles. The molecule has 226 valence electrons. The molecule has 41 heavy (non-hydrogen) atoms. The average Bonchev–Trinajstić information content (AvgIpc) is 3.29. The van der Waals surface area contributed by atoms with Crippen molar-refractivity contribution in [2.45, 2.75) is 37.8 Å². The van der Waals surface area contributed by atoms with Crippen LogP contribution >= 0.6 is 11.3 Å². The van der Waals surface area contributed by atoms with E-state index >= 15 is 0 Å². The summed E-state index contributed by atoms with van der Waals surface area (Å²) in [5, 5.41) is 5.56. The molecular weight excluding hydrogens is 570 g/mol. The smallest absolute Gasteiger partial charge is 0.323 e. The van der Waals surface area contributed by atoms with Crippen molar-refractivity contribution in [1.82, 2.24) is 19.4 Å². The van der Waals surface area contributed by atoms with Gasteiger partial charge in [0.25, 0.3) is 11.8 Å². The molecular formula is C27H39N5O7S2. The van der Waals surface area contributed by atoms with Crippen molar-refractivity contribution in [2.24, 2.45) is 0 Å². The molecule has 0 aliphatic carbocycles. The molecule has 0 radical (unpaired) electrons. The fourth-order valence-corrected chi connectivity index (χ4v) is 6.98. The van der Waals surface area contributed by atoms with Crippen molar-refractivity contribution in [3.8, 4) is 0 Å². The van der Waals surface area contributed by atoms with Crippen LogP contribution in [-0.2, 0) is 32.5 Å². The molecule has 0 saturated carbocycles. The Labute approximate surface area is 245 Å². The van der Waals surface area contributed by atoms with Crippen LogP contribution in [-0.4, -0.2) is 108 Å². The molecule has 1 aromatic carbocycles. The van der Waals surface area contributed by atoms with Crippen LogP contribution in [0.15, 0.2) is 29.2 Å². The first-order chi connectivity index (χ1) is 19.4. The van der Waals surface area contributed by atoms with Crippen LogP contribution in [0, 0.1) is 0 Å². The topological polar surface area (TPSA) is 138 Å².